The van der Waals surface area contributed by atoms with Gasteiger partial charge in [-0.3, -0.25) is 5.01 Å². The Morgan fingerprint density at radius 1 is 1.25 bits per heavy atom. The Morgan fingerprint density at radius 3 is 2.88 bits per heavy atom. The third-order valence-corrected chi connectivity index (χ3v) is 5.01. The second kappa shape index (κ2) is 6.40. The summed E-state index contributed by atoms with van der Waals surface area (Å²) >= 11 is 0. The van der Waals surface area contributed by atoms with Gasteiger partial charge in [0, 0.05) is 24.0 Å². The number of hydrogen-bond donors (Lipinski definition) is 2. The van der Waals surface area contributed by atoms with Crippen LogP contribution in [0.15, 0.2) is 42.4 Å². The van der Waals surface area contributed by atoms with Crippen LogP contribution in [0.4, 0.5) is 5.95 Å². The van der Waals surface area contributed by atoms with Gasteiger partial charge in [0.1, 0.15) is 0 Å². The lowest BCUT2D eigenvalue weighted by molar-refractivity contribution is 0.315. The van der Waals surface area contributed by atoms with Gasteiger partial charge in [0.2, 0.25) is 5.95 Å². The molecule has 1 atom stereocenters. The second-order valence-corrected chi connectivity index (χ2v) is 7.11. The van der Waals surface area contributed by atoms with Gasteiger partial charge in [-0.1, -0.05) is 32.8 Å². The summed E-state index contributed by atoms with van der Waals surface area (Å²) in [6, 6.07) is 2.80. The van der Waals surface area contributed by atoms with E-state index >= 15 is 0 Å². The van der Waals surface area contributed by atoms with Crippen molar-refractivity contribution in [3.63, 3.8) is 0 Å². The smallest absolute Gasteiger partial charge is 0.223 e. The summed E-state index contributed by atoms with van der Waals surface area (Å²) in [4.78, 5) is 9.27. The van der Waals surface area contributed by atoms with Crippen LogP contribution in [0.1, 0.15) is 45.2 Å². The van der Waals surface area contributed by atoms with Gasteiger partial charge in [-0.15, -0.1) is 0 Å². The van der Waals surface area contributed by atoms with Crippen molar-refractivity contribution in [1.29, 1.82) is 0 Å². The van der Waals surface area contributed by atoms with Gasteiger partial charge < -0.3 is 5.32 Å². The van der Waals surface area contributed by atoms with Crippen LogP contribution >= 0.6 is 0 Å². The maximum Gasteiger partial charge on any atom is 0.223 e. The zero-order valence-corrected chi connectivity index (χ0v) is 14.4. The number of allylic oxidation sites excluding steroid dienone is 3. The van der Waals surface area contributed by atoms with E-state index < -0.39 is 0 Å². The molecule has 24 heavy (non-hydrogen) atoms. The molecule has 0 aromatic carbocycles. The standard InChI is InChI=1S/C19H25N5/c1-13(2)18-17(16-9-5-6-12-24(16)23-18)15-10-11-20-19(22-15)21-14-7-3-4-8-14/h5-6,9-14,18,23H,3-4,7-8H2,1-2H3,(H,20,21,22). The molecule has 0 spiro atoms. The number of rotatable bonds is 4. The Morgan fingerprint density at radius 2 is 2.08 bits per heavy atom. The molecular formula is C19H25N5. The van der Waals surface area contributed by atoms with Crippen molar-refractivity contribution in [2.45, 2.75) is 51.6 Å². The van der Waals surface area contributed by atoms with Crippen LogP contribution < -0.4 is 10.7 Å². The van der Waals surface area contributed by atoms with Crippen molar-refractivity contribution >= 4 is 11.5 Å². The summed E-state index contributed by atoms with van der Waals surface area (Å²) < 4.78 is 0. The lowest BCUT2D eigenvalue weighted by Crippen LogP contribution is -2.37. The van der Waals surface area contributed by atoms with Crippen molar-refractivity contribution in [3.05, 3.63) is 48.1 Å². The minimum atomic E-state index is 0.252. The molecule has 5 nitrogen and oxygen atoms in total. The molecule has 2 N–H and O–H groups in total. The van der Waals surface area contributed by atoms with Gasteiger partial charge in [0.25, 0.3) is 0 Å². The molecule has 0 radical (unpaired) electrons. The number of anilines is 1. The Bertz CT molecular complexity index is 697. The summed E-state index contributed by atoms with van der Waals surface area (Å²) in [5, 5.41) is 5.61. The molecule has 1 aromatic heterocycles. The Hall–Kier alpha value is -2.14. The number of hydrogen-bond acceptors (Lipinski definition) is 5. The van der Waals surface area contributed by atoms with Crippen LogP contribution in [0, 0.1) is 5.92 Å². The first-order valence-electron chi connectivity index (χ1n) is 8.97. The summed E-state index contributed by atoms with van der Waals surface area (Å²) in [6.07, 6.45) is 15.3. The van der Waals surface area contributed by atoms with Crippen molar-refractivity contribution < 1.29 is 0 Å². The average Bonchev–Trinajstić information content (AvgIpc) is 3.22. The second-order valence-electron chi connectivity index (χ2n) is 7.11. The highest BCUT2D eigenvalue weighted by atomic mass is 15.5. The van der Waals surface area contributed by atoms with E-state index in [0.29, 0.717) is 12.0 Å². The van der Waals surface area contributed by atoms with E-state index in [0.717, 1.165) is 11.6 Å². The van der Waals surface area contributed by atoms with Crippen LogP contribution in [0.2, 0.25) is 0 Å². The van der Waals surface area contributed by atoms with Crippen molar-refractivity contribution in [2.24, 2.45) is 5.92 Å². The van der Waals surface area contributed by atoms with Gasteiger partial charge in [0.15, 0.2) is 0 Å². The predicted molar refractivity (Wildman–Crippen MR) is 96.7 cm³/mol. The van der Waals surface area contributed by atoms with Crippen molar-refractivity contribution in [1.82, 2.24) is 20.4 Å². The molecule has 1 unspecified atom stereocenters. The van der Waals surface area contributed by atoms with Crippen molar-refractivity contribution in [3.8, 4) is 0 Å². The first kappa shape index (κ1) is 15.4. The number of hydrazine groups is 1. The van der Waals surface area contributed by atoms with Gasteiger partial charge in [0.05, 0.1) is 17.4 Å². The van der Waals surface area contributed by atoms with E-state index in [1.54, 1.807) is 0 Å². The third kappa shape index (κ3) is 2.84. The Kier molecular flexibility index (Phi) is 4.10. The fourth-order valence-corrected chi connectivity index (χ4v) is 3.75. The summed E-state index contributed by atoms with van der Waals surface area (Å²) in [6.45, 7) is 4.48. The lowest BCUT2D eigenvalue weighted by atomic mass is 9.93. The highest BCUT2D eigenvalue weighted by Gasteiger charge is 2.33. The maximum atomic E-state index is 4.84. The topological polar surface area (TPSA) is 53.1 Å². The highest BCUT2D eigenvalue weighted by molar-refractivity contribution is 5.75. The fourth-order valence-electron chi connectivity index (χ4n) is 3.75. The molecule has 3 aliphatic rings. The molecule has 1 aliphatic carbocycles. The average molecular weight is 323 g/mol. The minimum Gasteiger partial charge on any atom is -0.351 e. The number of fused-ring (bicyclic) bond motifs is 1. The fraction of sp³-hybridized carbons (Fsp3) is 0.474. The van der Waals surface area contributed by atoms with E-state index in [4.69, 9.17) is 4.98 Å². The molecule has 5 heteroatoms. The number of nitrogens with zero attached hydrogens (tertiary/aromatic N) is 3. The van der Waals surface area contributed by atoms with Crippen LogP contribution in [0.5, 0.6) is 0 Å². The van der Waals surface area contributed by atoms with Crippen LogP contribution in [-0.4, -0.2) is 27.1 Å². The predicted octanol–water partition coefficient (Wildman–Crippen LogP) is 3.47. The number of aromatic nitrogens is 2. The van der Waals surface area contributed by atoms with Gasteiger partial charge in [-0.25, -0.2) is 15.4 Å². The van der Waals surface area contributed by atoms with Gasteiger partial charge in [-0.05, 0) is 37.0 Å². The quantitative estimate of drug-likeness (QED) is 0.888. The lowest BCUT2D eigenvalue weighted by Gasteiger charge is -2.21. The van der Waals surface area contributed by atoms with E-state index in [-0.39, 0.29) is 6.04 Å². The minimum absolute atomic E-state index is 0.252. The summed E-state index contributed by atoms with van der Waals surface area (Å²) in [5.74, 6) is 1.23. The molecule has 0 amide bonds. The molecule has 0 saturated heterocycles. The number of nitrogens with one attached hydrogen (secondary N) is 2. The molecule has 1 fully saturated rings. The van der Waals surface area contributed by atoms with Crippen molar-refractivity contribution in [2.75, 3.05) is 5.32 Å². The zero-order valence-electron chi connectivity index (χ0n) is 14.4. The molecule has 1 aromatic rings. The van der Waals surface area contributed by atoms with E-state index in [1.807, 2.05) is 18.3 Å². The largest absolute Gasteiger partial charge is 0.351 e. The third-order valence-electron chi connectivity index (χ3n) is 5.01. The first-order valence-corrected chi connectivity index (χ1v) is 8.97. The maximum absolute atomic E-state index is 4.84. The SMILES string of the molecule is CC(C)C1NN2C=CC=CC2=C1c1ccnc(NC2CCCC2)n1. The van der Waals surface area contributed by atoms with Crippen LogP contribution in [0.3, 0.4) is 0 Å². The van der Waals surface area contributed by atoms with Crippen LogP contribution in [-0.2, 0) is 0 Å². The molecule has 3 heterocycles. The van der Waals surface area contributed by atoms with Gasteiger partial charge in [-0.2, -0.15) is 0 Å². The van der Waals surface area contributed by atoms with E-state index in [9.17, 15) is 0 Å². The summed E-state index contributed by atoms with van der Waals surface area (Å²) in [5.41, 5.74) is 7.02. The zero-order chi connectivity index (χ0) is 16.5. The molecule has 4 rings (SSSR count). The molecule has 1 saturated carbocycles. The molecule has 0 bridgehead atoms. The Balaban J connectivity index is 1.67. The van der Waals surface area contributed by atoms with Crippen LogP contribution in [0.25, 0.3) is 5.57 Å². The van der Waals surface area contributed by atoms with E-state index in [1.165, 1.54) is 37.0 Å². The summed E-state index contributed by atoms with van der Waals surface area (Å²) in [7, 11) is 0. The normalized spacial score (nSPS) is 23.5. The monoisotopic (exact) mass is 323 g/mol. The first-order chi connectivity index (χ1) is 11.7. The highest BCUT2D eigenvalue weighted by Crippen LogP contribution is 2.34. The molecular weight excluding hydrogens is 298 g/mol. The molecule has 2 aliphatic heterocycles. The molecule has 126 valence electrons. The van der Waals surface area contributed by atoms with E-state index in [2.05, 4.69) is 52.9 Å². The van der Waals surface area contributed by atoms with Gasteiger partial charge >= 0.3 is 0 Å². The Labute approximate surface area is 143 Å².